The number of esters is 1. The van der Waals surface area contributed by atoms with Gasteiger partial charge < -0.3 is 14.9 Å². The Balaban J connectivity index is 2.81. The van der Waals surface area contributed by atoms with Crippen LogP contribution in [0.1, 0.15) is 18.5 Å². The molecule has 0 aliphatic rings. The van der Waals surface area contributed by atoms with Crippen LogP contribution in [0.3, 0.4) is 0 Å². The van der Waals surface area contributed by atoms with Crippen molar-refractivity contribution in [2.24, 2.45) is 5.73 Å². The van der Waals surface area contributed by atoms with Crippen molar-refractivity contribution in [2.45, 2.75) is 18.9 Å². The van der Waals surface area contributed by atoms with Gasteiger partial charge in [0.05, 0.1) is 19.1 Å². The molecule has 0 saturated carbocycles. The van der Waals surface area contributed by atoms with E-state index in [2.05, 4.69) is 9.15 Å². The number of ether oxygens (including phenoxy) is 1. The number of hydrogen-bond acceptors (Lipinski definition) is 4. The smallest absolute Gasteiger partial charge is 0.379 e. The molecule has 2 N–H and O–H groups in total. The number of furan rings is 1. The van der Waals surface area contributed by atoms with Crippen LogP contribution in [0.4, 0.5) is 8.78 Å². The van der Waals surface area contributed by atoms with E-state index in [1.807, 2.05) is 0 Å². The fourth-order valence-electron chi connectivity index (χ4n) is 1.02. The minimum Gasteiger partial charge on any atom is -0.472 e. The second kappa shape index (κ2) is 4.39. The molecule has 1 heterocycles. The Labute approximate surface area is 85.0 Å². The standard InChI is InChI=1S/C9H11F2NO3/c1-2-15-8(13)9(10,11)7(12)6-3-4-14-5-6/h3-5,7H,2,12H2,1H3/t7-/m1/s1. The van der Waals surface area contributed by atoms with Crippen molar-refractivity contribution in [1.82, 2.24) is 0 Å². The van der Waals surface area contributed by atoms with E-state index >= 15 is 0 Å². The van der Waals surface area contributed by atoms with E-state index in [1.54, 1.807) is 0 Å². The number of rotatable bonds is 4. The highest BCUT2D eigenvalue weighted by molar-refractivity contribution is 5.78. The molecule has 84 valence electrons. The van der Waals surface area contributed by atoms with Crippen molar-refractivity contribution in [3.05, 3.63) is 24.2 Å². The molecule has 0 aromatic carbocycles. The summed E-state index contributed by atoms with van der Waals surface area (Å²) in [5, 5.41) is 0. The zero-order valence-corrected chi connectivity index (χ0v) is 8.07. The second-order valence-corrected chi connectivity index (χ2v) is 2.88. The summed E-state index contributed by atoms with van der Waals surface area (Å²) in [7, 11) is 0. The Morgan fingerprint density at radius 3 is 2.87 bits per heavy atom. The molecule has 0 fully saturated rings. The van der Waals surface area contributed by atoms with Gasteiger partial charge in [0.1, 0.15) is 6.04 Å². The topological polar surface area (TPSA) is 65.5 Å². The van der Waals surface area contributed by atoms with Gasteiger partial charge in [-0.05, 0) is 13.0 Å². The molecule has 0 amide bonds. The maximum Gasteiger partial charge on any atom is 0.379 e. The molecular formula is C9H11F2NO3. The van der Waals surface area contributed by atoms with E-state index in [-0.39, 0.29) is 12.2 Å². The van der Waals surface area contributed by atoms with Gasteiger partial charge in [0.2, 0.25) is 0 Å². The fourth-order valence-corrected chi connectivity index (χ4v) is 1.02. The van der Waals surface area contributed by atoms with Crippen molar-refractivity contribution in [2.75, 3.05) is 6.61 Å². The minimum absolute atomic E-state index is 0.0491. The normalized spacial score (nSPS) is 13.6. The summed E-state index contributed by atoms with van der Waals surface area (Å²) >= 11 is 0. The first-order valence-corrected chi connectivity index (χ1v) is 4.32. The first-order valence-electron chi connectivity index (χ1n) is 4.32. The van der Waals surface area contributed by atoms with E-state index < -0.39 is 17.9 Å². The lowest BCUT2D eigenvalue weighted by Gasteiger charge is -2.20. The molecule has 0 aliphatic heterocycles. The van der Waals surface area contributed by atoms with Crippen molar-refractivity contribution >= 4 is 5.97 Å². The molecule has 0 spiro atoms. The van der Waals surface area contributed by atoms with Crippen LogP contribution in [0.5, 0.6) is 0 Å². The number of carbonyl (C=O) groups is 1. The zero-order chi connectivity index (χ0) is 11.5. The minimum atomic E-state index is -3.75. The van der Waals surface area contributed by atoms with Gasteiger partial charge in [-0.15, -0.1) is 0 Å². The van der Waals surface area contributed by atoms with E-state index in [1.165, 1.54) is 19.3 Å². The highest BCUT2D eigenvalue weighted by Gasteiger charge is 2.48. The fraction of sp³-hybridized carbons (Fsp3) is 0.444. The Morgan fingerprint density at radius 1 is 1.73 bits per heavy atom. The molecule has 0 bridgehead atoms. The van der Waals surface area contributed by atoms with Crippen LogP contribution >= 0.6 is 0 Å². The Hall–Kier alpha value is -1.43. The lowest BCUT2D eigenvalue weighted by molar-refractivity contribution is -0.174. The number of carbonyl (C=O) groups excluding carboxylic acids is 1. The van der Waals surface area contributed by atoms with Gasteiger partial charge >= 0.3 is 11.9 Å². The first kappa shape index (κ1) is 11.6. The summed E-state index contributed by atoms with van der Waals surface area (Å²) < 4.78 is 35.5. The Bertz CT molecular complexity index is 324. The van der Waals surface area contributed by atoms with Gasteiger partial charge in [-0.25, -0.2) is 4.79 Å². The molecule has 0 radical (unpaired) electrons. The molecule has 1 rings (SSSR count). The predicted molar refractivity (Wildman–Crippen MR) is 47.2 cm³/mol. The van der Waals surface area contributed by atoms with E-state index in [0.29, 0.717) is 0 Å². The molecule has 1 aromatic heterocycles. The van der Waals surface area contributed by atoms with Crippen molar-refractivity contribution < 1.29 is 22.7 Å². The molecular weight excluding hydrogens is 208 g/mol. The zero-order valence-electron chi connectivity index (χ0n) is 8.07. The Kier molecular flexibility index (Phi) is 3.41. The average Bonchev–Trinajstić information content (AvgIpc) is 2.69. The van der Waals surface area contributed by atoms with E-state index in [4.69, 9.17) is 5.73 Å². The van der Waals surface area contributed by atoms with Crippen molar-refractivity contribution in [3.63, 3.8) is 0 Å². The summed E-state index contributed by atoms with van der Waals surface area (Å²) in [6.45, 7) is 1.32. The monoisotopic (exact) mass is 219 g/mol. The van der Waals surface area contributed by atoms with Crippen LogP contribution in [-0.4, -0.2) is 18.5 Å². The highest BCUT2D eigenvalue weighted by Crippen LogP contribution is 2.30. The SMILES string of the molecule is CCOC(=O)C(F)(F)[C@H](N)c1ccoc1. The Morgan fingerprint density at radius 2 is 2.40 bits per heavy atom. The van der Waals surface area contributed by atoms with Crippen LogP contribution in [0.15, 0.2) is 23.0 Å². The van der Waals surface area contributed by atoms with Gasteiger partial charge in [-0.3, -0.25) is 0 Å². The second-order valence-electron chi connectivity index (χ2n) is 2.88. The summed E-state index contributed by atoms with van der Waals surface area (Å²) in [5.74, 6) is -5.38. The number of nitrogens with two attached hydrogens (primary N) is 1. The lowest BCUT2D eigenvalue weighted by Crippen LogP contribution is -2.41. The van der Waals surface area contributed by atoms with Crippen LogP contribution in [0.25, 0.3) is 0 Å². The van der Waals surface area contributed by atoms with Gasteiger partial charge in [-0.1, -0.05) is 0 Å². The maximum atomic E-state index is 13.3. The van der Waals surface area contributed by atoms with E-state index in [9.17, 15) is 13.6 Å². The maximum absolute atomic E-state index is 13.3. The molecule has 4 nitrogen and oxygen atoms in total. The highest BCUT2D eigenvalue weighted by atomic mass is 19.3. The predicted octanol–water partition coefficient (Wildman–Crippen LogP) is 1.48. The van der Waals surface area contributed by atoms with Gasteiger partial charge in [0.25, 0.3) is 0 Å². The lowest BCUT2D eigenvalue weighted by atomic mass is 10.1. The number of alkyl halides is 2. The molecule has 15 heavy (non-hydrogen) atoms. The number of halogens is 2. The van der Waals surface area contributed by atoms with Crippen LogP contribution in [0, 0.1) is 0 Å². The first-order chi connectivity index (χ1) is 7.00. The average molecular weight is 219 g/mol. The quantitative estimate of drug-likeness (QED) is 0.779. The third-order valence-electron chi connectivity index (χ3n) is 1.84. The van der Waals surface area contributed by atoms with Crippen molar-refractivity contribution in [3.8, 4) is 0 Å². The van der Waals surface area contributed by atoms with Gasteiger partial charge in [0, 0.05) is 5.56 Å². The largest absolute Gasteiger partial charge is 0.472 e. The molecule has 1 atom stereocenters. The van der Waals surface area contributed by atoms with Crippen molar-refractivity contribution in [1.29, 1.82) is 0 Å². The van der Waals surface area contributed by atoms with E-state index in [0.717, 1.165) is 6.26 Å². The molecule has 1 aromatic rings. The van der Waals surface area contributed by atoms with Crippen LogP contribution in [0.2, 0.25) is 0 Å². The summed E-state index contributed by atoms with van der Waals surface area (Å²) in [5.41, 5.74) is 5.29. The van der Waals surface area contributed by atoms with Crippen LogP contribution in [-0.2, 0) is 9.53 Å². The molecule has 6 heteroatoms. The number of hydrogen-bond donors (Lipinski definition) is 1. The summed E-state index contributed by atoms with van der Waals surface area (Å²) in [4.78, 5) is 10.9. The molecule has 0 aliphatic carbocycles. The van der Waals surface area contributed by atoms with Crippen LogP contribution < -0.4 is 5.73 Å². The third kappa shape index (κ3) is 2.33. The summed E-state index contributed by atoms with van der Waals surface area (Å²) in [6, 6.07) is -0.479. The van der Waals surface area contributed by atoms with Gasteiger partial charge in [0.15, 0.2) is 0 Å². The molecule has 0 unspecified atom stereocenters. The summed E-state index contributed by atoms with van der Waals surface area (Å²) in [6.07, 6.45) is 2.27. The molecule has 0 saturated heterocycles. The third-order valence-corrected chi connectivity index (χ3v) is 1.84. The van der Waals surface area contributed by atoms with Gasteiger partial charge in [-0.2, -0.15) is 8.78 Å².